The number of nitrogens with two attached hydrogens (primary N) is 1. The monoisotopic (exact) mass is 355 g/mol. The van der Waals surface area contributed by atoms with Gasteiger partial charge >= 0.3 is 5.97 Å². The van der Waals surface area contributed by atoms with Crippen molar-refractivity contribution in [3.63, 3.8) is 0 Å². The third kappa shape index (κ3) is 6.75. The second kappa shape index (κ2) is 11.4. The first-order chi connectivity index (χ1) is 11.5. The maximum atomic E-state index is 11.1. The molecule has 0 saturated carbocycles. The van der Waals surface area contributed by atoms with Gasteiger partial charge in [0.2, 0.25) is 0 Å². The van der Waals surface area contributed by atoms with Crippen LogP contribution in [0.2, 0.25) is 0 Å². The Balaban J connectivity index is 2.89. The molecule has 1 rings (SSSR count). The number of hydrogen-bond acceptors (Lipinski definition) is 6. The minimum Gasteiger partial charge on any atom is -0.480 e. The smallest absolute Gasteiger partial charge is 0.329 e. The quantitative estimate of drug-likeness (QED) is 0.438. The Labute approximate surface area is 148 Å². The van der Waals surface area contributed by atoms with E-state index < -0.39 is 12.0 Å². The topological polar surface area (TPSA) is 97.3 Å². The molecule has 0 saturated heterocycles. The summed E-state index contributed by atoms with van der Waals surface area (Å²) in [6.45, 7) is 7.38. The molecule has 0 aromatic rings. The Hall–Kier alpha value is -1.18. The van der Waals surface area contributed by atoms with E-state index in [9.17, 15) is 4.79 Å². The maximum Gasteiger partial charge on any atom is 0.329 e. The SMILES string of the molecule is CC/C=C\C(=NC(C)[C@@H](CC)OCCCN)C1=N[C@@H](C(=O)O)CS1. The van der Waals surface area contributed by atoms with Crippen LogP contribution in [0.1, 0.15) is 40.0 Å². The van der Waals surface area contributed by atoms with Gasteiger partial charge in [0.1, 0.15) is 5.04 Å². The van der Waals surface area contributed by atoms with Gasteiger partial charge in [-0.25, -0.2) is 4.79 Å². The van der Waals surface area contributed by atoms with E-state index in [2.05, 4.69) is 11.9 Å². The van der Waals surface area contributed by atoms with Gasteiger partial charge in [-0.05, 0) is 38.8 Å². The molecule has 1 heterocycles. The van der Waals surface area contributed by atoms with Gasteiger partial charge in [-0.2, -0.15) is 0 Å². The highest BCUT2D eigenvalue weighted by Crippen LogP contribution is 2.21. The van der Waals surface area contributed by atoms with Crippen molar-refractivity contribution in [2.45, 2.75) is 58.2 Å². The van der Waals surface area contributed by atoms with Crippen LogP contribution in [0.4, 0.5) is 0 Å². The number of ether oxygens (including phenoxy) is 1. The zero-order chi connectivity index (χ0) is 17.9. The summed E-state index contributed by atoms with van der Waals surface area (Å²) in [4.78, 5) is 20.2. The number of carbonyl (C=O) groups is 1. The van der Waals surface area contributed by atoms with Gasteiger partial charge < -0.3 is 15.6 Å². The van der Waals surface area contributed by atoms with Crippen molar-refractivity contribution in [3.8, 4) is 0 Å². The van der Waals surface area contributed by atoms with Crippen molar-refractivity contribution in [1.29, 1.82) is 0 Å². The van der Waals surface area contributed by atoms with Crippen LogP contribution in [-0.2, 0) is 9.53 Å². The Morgan fingerprint density at radius 3 is 2.88 bits per heavy atom. The predicted octanol–water partition coefficient (Wildman–Crippen LogP) is 2.52. The predicted molar refractivity (Wildman–Crippen MR) is 101 cm³/mol. The molecule has 1 unspecified atom stereocenters. The standard InChI is InChI=1S/C17H29N3O3S/c1-4-6-8-13(16-20-14(11-24-16)17(21)22)19-12(3)15(5-2)23-10-7-9-18/h6,8,12,14-15H,4-5,7,9-11,18H2,1-3H3,(H,21,22)/b8-6-,19-13?/t12?,14-,15-/m1/s1. The van der Waals surface area contributed by atoms with Crippen LogP contribution in [0.3, 0.4) is 0 Å². The fourth-order valence-corrected chi connectivity index (χ4v) is 3.26. The highest BCUT2D eigenvalue weighted by atomic mass is 32.2. The van der Waals surface area contributed by atoms with Crippen molar-refractivity contribution in [1.82, 2.24) is 0 Å². The molecular weight excluding hydrogens is 326 g/mol. The van der Waals surface area contributed by atoms with Gasteiger partial charge in [0, 0.05) is 12.4 Å². The number of allylic oxidation sites excluding steroid dienone is 2. The lowest BCUT2D eigenvalue weighted by Gasteiger charge is -2.21. The Morgan fingerprint density at radius 2 is 2.33 bits per heavy atom. The van der Waals surface area contributed by atoms with Crippen molar-refractivity contribution in [2.75, 3.05) is 18.9 Å². The lowest BCUT2D eigenvalue weighted by molar-refractivity contribution is -0.137. The summed E-state index contributed by atoms with van der Waals surface area (Å²) in [5.41, 5.74) is 6.25. The summed E-state index contributed by atoms with van der Waals surface area (Å²) in [7, 11) is 0. The number of hydrogen-bond donors (Lipinski definition) is 2. The minimum atomic E-state index is -0.888. The van der Waals surface area contributed by atoms with E-state index >= 15 is 0 Å². The molecule has 0 amide bonds. The van der Waals surface area contributed by atoms with Crippen LogP contribution in [0.25, 0.3) is 0 Å². The molecule has 0 aromatic carbocycles. The number of carboxylic acids is 1. The first-order valence-corrected chi connectivity index (χ1v) is 9.51. The third-order valence-corrected chi connectivity index (χ3v) is 4.70. The van der Waals surface area contributed by atoms with Crippen molar-refractivity contribution in [3.05, 3.63) is 12.2 Å². The summed E-state index contributed by atoms with van der Waals surface area (Å²) in [5, 5.41) is 9.81. The lowest BCUT2D eigenvalue weighted by Crippen LogP contribution is -2.27. The number of thioether (sulfide) groups is 1. The molecule has 7 heteroatoms. The fourth-order valence-electron chi connectivity index (χ4n) is 2.26. The molecular formula is C17H29N3O3S. The molecule has 1 aliphatic rings. The van der Waals surface area contributed by atoms with Gasteiger partial charge in [-0.15, -0.1) is 11.8 Å². The van der Waals surface area contributed by atoms with Gasteiger partial charge in [0.05, 0.1) is 17.9 Å². The molecule has 1 aliphatic heterocycles. The molecule has 0 bridgehead atoms. The third-order valence-electron chi connectivity index (χ3n) is 3.63. The molecule has 0 spiro atoms. The molecule has 0 aliphatic carbocycles. The normalized spacial score (nSPS) is 21.1. The average Bonchev–Trinajstić information content (AvgIpc) is 3.05. The molecule has 3 atom stereocenters. The summed E-state index contributed by atoms with van der Waals surface area (Å²) in [6.07, 6.45) is 6.54. The molecule has 3 N–H and O–H groups in total. The fraction of sp³-hybridized carbons (Fsp3) is 0.706. The van der Waals surface area contributed by atoms with Crippen LogP contribution < -0.4 is 5.73 Å². The number of aliphatic imine (C=N–C) groups is 2. The molecule has 6 nitrogen and oxygen atoms in total. The van der Waals surface area contributed by atoms with Crippen LogP contribution in [0, 0.1) is 0 Å². The number of rotatable bonds is 11. The summed E-state index contributed by atoms with van der Waals surface area (Å²) in [5.74, 6) is -0.427. The van der Waals surface area contributed by atoms with E-state index in [1.807, 2.05) is 26.0 Å². The number of carboxylic acid groups (broad SMARTS) is 1. The highest BCUT2D eigenvalue weighted by Gasteiger charge is 2.27. The Bertz CT molecular complexity index is 491. The lowest BCUT2D eigenvalue weighted by atomic mass is 10.1. The average molecular weight is 356 g/mol. The van der Waals surface area contributed by atoms with Crippen LogP contribution >= 0.6 is 11.8 Å². The van der Waals surface area contributed by atoms with Gasteiger partial charge in [-0.1, -0.05) is 19.9 Å². The van der Waals surface area contributed by atoms with Gasteiger partial charge in [0.15, 0.2) is 6.04 Å². The van der Waals surface area contributed by atoms with E-state index in [0.717, 1.165) is 25.0 Å². The van der Waals surface area contributed by atoms with E-state index in [1.54, 1.807) is 0 Å². The summed E-state index contributed by atoms with van der Waals surface area (Å²) >= 11 is 1.45. The minimum absolute atomic E-state index is 0.0175. The molecule has 136 valence electrons. The second-order valence-corrected chi connectivity index (χ2v) is 6.63. The first-order valence-electron chi connectivity index (χ1n) is 8.53. The van der Waals surface area contributed by atoms with Crippen molar-refractivity contribution in [2.24, 2.45) is 15.7 Å². The molecule has 0 fully saturated rings. The second-order valence-electron chi connectivity index (χ2n) is 5.62. The zero-order valence-corrected chi connectivity index (χ0v) is 15.6. The van der Waals surface area contributed by atoms with Crippen LogP contribution in [-0.4, -0.2) is 58.9 Å². The Kier molecular flexibility index (Phi) is 9.90. The van der Waals surface area contributed by atoms with Crippen LogP contribution in [0.5, 0.6) is 0 Å². The van der Waals surface area contributed by atoms with E-state index in [-0.39, 0.29) is 12.1 Å². The van der Waals surface area contributed by atoms with Crippen molar-refractivity contribution >= 4 is 28.5 Å². The summed E-state index contributed by atoms with van der Waals surface area (Å²) in [6, 6.07) is -0.709. The largest absolute Gasteiger partial charge is 0.480 e. The van der Waals surface area contributed by atoms with Crippen molar-refractivity contribution < 1.29 is 14.6 Å². The molecule has 0 aromatic heterocycles. The maximum absolute atomic E-state index is 11.1. The first kappa shape index (κ1) is 20.9. The highest BCUT2D eigenvalue weighted by molar-refractivity contribution is 8.16. The van der Waals surface area contributed by atoms with Gasteiger partial charge in [0.25, 0.3) is 0 Å². The number of nitrogens with zero attached hydrogens (tertiary/aromatic N) is 2. The molecule has 0 radical (unpaired) electrons. The zero-order valence-electron chi connectivity index (χ0n) is 14.8. The number of aliphatic carboxylic acids is 1. The van der Waals surface area contributed by atoms with E-state index in [0.29, 0.717) is 23.9 Å². The summed E-state index contributed by atoms with van der Waals surface area (Å²) < 4.78 is 5.87. The van der Waals surface area contributed by atoms with Crippen LogP contribution in [0.15, 0.2) is 22.1 Å². The van der Waals surface area contributed by atoms with E-state index in [1.165, 1.54) is 11.8 Å². The Morgan fingerprint density at radius 1 is 1.58 bits per heavy atom. The van der Waals surface area contributed by atoms with Gasteiger partial charge in [-0.3, -0.25) is 9.98 Å². The van der Waals surface area contributed by atoms with E-state index in [4.69, 9.17) is 20.6 Å². The molecule has 24 heavy (non-hydrogen) atoms.